The molecule has 4 heteroatoms. The molecular formula is C14H20O4. The summed E-state index contributed by atoms with van der Waals surface area (Å²) in [5.74, 6) is -0.584. The molecule has 0 saturated heterocycles. The third-order valence-corrected chi connectivity index (χ3v) is 4.91. The molecule has 0 aromatic heterocycles. The number of carboxylic acid groups (broad SMARTS) is 1. The lowest BCUT2D eigenvalue weighted by Crippen LogP contribution is -2.62. The summed E-state index contributed by atoms with van der Waals surface area (Å²) in [6.45, 7) is 1.59. The zero-order valence-corrected chi connectivity index (χ0v) is 10.6. The van der Waals surface area contributed by atoms with Crippen molar-refractivity contribution in [3.63, 3.8) is 0 Å². The molecule has 4 nitrogen and oxygen atoms in total. The van der Waals surface area contributed by atoms with Crippen molar-refractivity contribution >= 4 is 5.97 Å². The fourth-order valence-electron chi connectivity index (χ4n) is 5.09. The highest BCUT2D eigenvalue weighted by Gasteiger charge is 2.61. The van der Waals surface area contributed by atoms with Crippen LogP contribution in [-0.2, 0) is 4.79 Å². The van der Waals surface area contributed by atoms with Crippen LogP contribution in [0.5, 0.6) is 0 Å². The van der Waals surface area contributed by atoms with Gasteiger partial charge < -0.3 is 15.3 Å². The first kappa shape index (κ1) is 12.2. The second kappa shape index (κ2) is 3.36. The highest BCUT2D eigenvalue weighted by molar-refractivity contribution is 5.85. The van der Waals surface area contributed by atoms with Gasteiger partial charge in [-0.15, -0.1) is 0 Å². The summed E-state index contributed by atoms with van der Waals surface area (Å²) in [5.41, 5.74) is -1.57. The number of hydrogen-bond donors (Lipinski definition) is 3. The molecule has 0 spiro atoms. The molecule has 4 rings (SSSR count). The number of aliphatic hydroxyl groups is 2. The van der Waals surface area contributed by atoms with Gasteiger partial charge in [-0.1, -0.05) is 6.08 Å². The molecule has 2 unspecified atom stereocenters. The summed E-state index contributed by atoms with van der Waals surface area (Å²) in [6, 6.07) is 0. The number of carboxylic acids is 1. The lowest BCUT2D eigenvalue weighted by atomic mass is 9.46. The van der Waals surface area contributed by atoms with Crippen LogP contribution in [0.2, 0.25) is 0 Å². The van der Waals surface area contributed by atoms with Crippen LogP contribution >= 0.6 is 0 Å². The van der Waals surface area contributed by atoms with Crippen LogP contribution in [0.25, 0.3) is 0 Å². The minimum Gasteiger partial charge on any atom is -0.478 e. The van der Waals surface area contributed by atoms with Gasteiger partial charge in [0.1, 0.15) is 0 Å². The summed E-state index contributed by atoms with van der Waals surface area (Å²) in [6.07, 6.45) is 5.87. The Kier molecular flexibility index (Phi) is 2.28. The molecule has 0 aliphatic heterocycles. The molecule has 0 aromatic carbocycles. The van der Waals surface area contributed by atoms with Gasteiger partial charge in [0, 0.05) is 12.0 Å². The number of aliphatic carboxylic acids is 1. The summed E-state index contributed by atoms with van der Waals surface area (Å²) >= 11 is 0. The molecule has 0 radical (unpaired) electrons. The number of rotatable bonds is 2. The molecule has 0 heterocycles. The lowest BCUT2D eigenvalue weighted by molar-refractivity contribution is -0.217. The van der Waals surface area contributed by atoms with Crippen LogP contribution < -0.4 is 0 Å². The summed E-state index contributed by atoms with van der Waals surface area (Å²) in [5, 5.41) is 30.1. The molecule has 0 aromatic rings. The van der Waals surface area contributed by atoms with E-state index in [-0.39, 0.29) is 5.41 Å². The maximum atomic E-state index is 11.0. The predicted molar refractivity (Wildman–Crippen MR) is 64.9 cm³/mol. The third-order valence-electron chi connectivity index (χ3n) is 4.91. The van der Waals surface area contributed by atoms with Gasteiger partial charge in [-0.25, -0.2) is 4.79 Å². The molecule has 4 fully saturated rings. The Morgan fingerprint density at radius 3 is 2.11 bits per heavy atom. The van der Waals surface area contributed by atoms with Gasteiger partial charge in [-0.05, 0) is 50.4 Å². The van der Waals surface area contributed by atoms with E-state index in [0.29, 0.717) is 30.8 Å². The van der Waals surface area contributed by atoms with Crippen molar-refractivity contribution in [1.82, 2.24) is 0 Å². The number of allylic oxidation sites excluding steroid dienone is 1. The Bertz CT molecular complexity index is 421. The van der Waals surface area contributed by atoms with E-state index in [1.54, 1.807) is 13.0 Å². The van der Waals surface area contributed by atoms with Crippen molar-refractivity contribution in [1.29, 1.82) is 0 Å². The van der Waals surface area contributed by atoms with Crippen molar-refractivity contribution in [3.8, 4) is 0 Å². The largest absolute Gasteiger partial charge is 0.478 e. The maximum Gasteiger partial charge on any atom is 0.330 e. The van der Waals surface area contributed by atoms with Crippen molar-refractivity contribution < 1.29 is 20.1 Å². The van der Waals surface area contributed by atoms with Gasteiger partial charge in [-0.2, -0.15) is 0 Å². The molecule has 2 atom stereocenters. The smallest absolute Gasteiger partial charge is 0.330 e. The Balaban J connectivity index is 1.99. The van der Waals surface area contributed by atoms with E-state index in [4.69, 9.17) is 5.11 Å². The minimum atomic E-state index is -0.912. The van der Waals surface area contributed by atoms with E-state index in [2.05, 4.69) is 0 Å². The fraction of sp³-hybridized carbons (Fsp3) is 0.786. The van der Waals surface area contributed by atoms with E-state index in [0.717, 1.165) is 19.3 Å². The van der Waals surface area contributed by atoms with Gasteiger partial charge in [-0.3, -0.25) is 0 Å². The van der Waals surface area contributed by atoms with E-state index in [9.17, 15) is 15.0 Å². The summed E-state index contributed by atoms with van der Waals surface area (Å²) in [4.78, 5) is 11.0. The highest BCUT2D eigenvalue weighted by atomic mass is 16.4. The van der Waals surface area contributed by atoms with Gasteiger partial charge in [0.2, 0.25) is 0 Å². The van der Waals surface area contributed by atoms with Crippen LogP contribution in [0.3, 0.4) is 0 Å². The van der Waals surface area contributed by atoms with Crippen molar-refractivity contribution in [2.24, 2.45) is 11.3 Å². The Morgan fingerprint density at radius 2 is 1.67 bits per heavy atom. The van der Waals surface area contributed by atoms with E-state index in [1.807, 2.05) is 0 Å². The molecule has 4 bridgehead atoms. The van der Waals surface area contributed by atoms with Crippen molar-refractivity contribution in [2.75, 3.05) is 0 Å². The molecule has 4 aliphatic rings. The second-order valence-corrected chi connectivity index (χ2v) is 6.95. The second-order valence-electron chi connectivity index (χ2n) is 6.95. The van der Waals surface area contributed by atoms with Crippen LogP contribution in [0.4, 0.5) is 0 Å². The standard InChI is InChI=1S/C14H20O4/c1-9(11(15)16)2-12-3-10-4-13(17,6-12)8-14(18,5-10)7-12/h2,10,17-18H,3-8H2,1H3,(H,15,16). The molecule has 0 amide bonds. The topological polar surface area (TPSA) is 77.8 Å². The average molecular weight is 252 g/mol. The molecule has 100 valence electrons. The quantitative estimate of drug-likeness (QED) is 0.650. The summed E-state index contributed by atoms with van der Waals surface area (Å²) < 4.78 is 0. The predicted octanol–water partition coefficient (Wildman–Crippen LogP) is 1.46. The molecule has 18 heavy (non-hydrogen) atoms. The number of hydrogen-bond acceptors (Lipinski definition) is 3. The third kappa shape index (κ3) is 1.79. The Hall–Kier alpha value is -0.870. The fourth-order valence-corrected chi connectivity index (χ4v) is 5.09. The van der Waals surface area contributed by atoms with Gasteiger partial charge >= 0.3 is 5.97 Å². The van der Waals surface area contributed by atoms with Crippen molar-refractivity contribution in [2.45, 2.75) is 56.7 Å². The van der Waals surface area contributed by atoms with Crippen LogP contribution in [0.1, 0.15) is 45.4 Å². The van der Waals surface area contributed by atoms with Crippen LogP contribution in [-0.4, -0.2) is 32.5 Å². The van der Waals surface area contributed by atoms with Crippen molar-refractivity contribution in [3.05, 3.63) is 11.6 Å². The van der Waals surface area contributed by atoms with Crippen LogP contribution in [0.15, 0.2) is 11.6 Å². The van der Waals surface area contributed by atoms with E-state index < -0.39 is 17.2 Å². The van der Waals surface area contributed by atoms with Gasteiger partial charge in [0.25, 0.3) is 0 Å². The normalized spacial score (nSPS) is 50.6. The monoisotopic (exact) mass is 252 g/mol. The zero-order chi connectivity index (χ0) is 13.2. The Morgan fingerprint density at radius 1 is 1.11 bits per heavy atom. The number of carbonyl (C=O) groups is 1. The van der Waals surface area contributed by atoms with E-state index in [1.165, 1.54) is 0 Å². The maximum absolute atomic E-state index is 11.0. The molecule has 3 N–H and O–H groups in total. The zero-order valence-electron chi connectivity index (χ0n) is 10.6. The molecule has 4 aliphatic carbocycles. The van der Waals surface area contributed by atoms with Crippen LogP contribution in [0, 0.1) is 11.3 Å². The molecular weight excluding hydrogens is 232 g/mol. The average Bonchev–Trinajstić information content (AvgIpc) is 2.09. The first-order valence-corrected chi connectivity index (χ1v) is 6.61. The Labute approximate surface area is 106 Å². The highest BCUT2D eigenvalue weighted by Crippen LogP contribution is 2.63. The first-order chi connectivity index (χ1) is 8.23. The minimum absolute atomic E-state index is 0.314. The van der Waals surface area contributed by atoms with E-state index >= 15 is 0 Å². The molecule has 4 saturated carbocycles. The SMILES string of the molecule is CC(=CC12CC3CC(O)(CC(O)(C3)C1)C2)C(=O)O. The lowest BCUT2D eigenvalue weighted by Gasteiger charge is -2.62. The first-order valence-electron chi connectivity index (χ1n) is 6.61. The van der Waals surface area contributed by atoms with Gasteiger partial charge in [0.05, 0.1) is 11.2 Å². The van der Waals surface area contributed by atoms with Gasteiger partial charge in [0.15, 0.2) is 0 Å². The summed E-state index contributed by atoms with van der Waals surface area (Å²) in [7, 11) is 0.